The highest BCUT2D eigenvalue weighted by molar-refractivity contribution is 5.92. The van der Waals surface area contributed by atoms with Gasteiger partial charge in [0.05, 0.1) is 10.9 Å². The maximum Gasteiger partial charge on any atom is 0.258 e. The average molecular weight is 355 g/mol. The molecule has 3 N–H and O–H groups in total. The normalized spacial score (nSPS) is 10.8. The van der Waals surface area contributed by atoms with Gasteiger partial charge in [0.15, 0.2) is 0 Å². The van der Waals surface area contributed by atoms with Crippen LogP contribution < -0.4 is 11.3 Å². The molecule has 0 radical (unpaired) electrons. The van der Waals surface area contributed by atoms with Crippen LogP contribution in [0.3, 0.4) is 0 Å². The van der Waals surface area contributed by atoms with Gasteiger partial charge in [-0.25, -0.2) is 4.98 Å². The number of aromatic nitrogens is 2. The first-order valence-corrected chi connectivity index (χ1v) is 8.57. The molecule has 4 rings (SSSR count). The Bertz CT molecular complexity index is 1180. The van der Waals surface area contributed by atoms with Crippen LogP contribution in [0.25, 0.3) is 22.0 Å². The second-order valence-electron chi connectivity index (χ2n) is 6.35. The summed E-state index contributed by atoms with van der Waals surface area (Å²) in [7, 11) is 0. The maximum atomic E-state index is 12.4. The number of benzene rings is 3. The van der Waals surface area contributed by atoms with Gasteiger partial charge in [0, 0.05) is 12.0 Å². The zero-order valence-electron chi connectivity index (χ0n) is 14.5. The molecule has 3 aromatic carbocycles. The van der Waals surface area contributed by atoms with E-state index in [1.807, 2.05) is 54.6 Å². The van der Waals surface area contributed by atoms with E-state index < -0.39 is 5.91 Å². The number of rotatable bonds is 4. The van der Waals surface area contributed by atoms with Crippen LogP contribution in [-0.4, -0.2) is 15.9 Å². The molecule has 5 heteroatoms. The van der Waals surface area contributed by atoms with E-state index in [-0.39, 0.29) is 5.56 Å². The van der Waals surface area contributed by atoms with E-state index in [9.17, 15) is 9.59 Å². The lowest BCUT2D eigenvalue weighted by molar-refractivity contribution is 0.100. The number of nitrogens with zero attached hydrogens (tertiary/aromatic N) is 1. The lowest BCUT2D eigenvalue weighted by atomic mass is 10.0. The van der Waals surface area contributed by atoms with Gasteiger partial charge >= 0.3 is 0 Å². The predicted molar refractivity (Wildman–Crippen MR) is 106 cm³/mol. The number of amides is 1. The van der Waals surface area contributed by atoms with Crippen LogP contribution >= 0.6 is 0 Å². The fourth-order valence-electron chi connectivity index (χ4n) is 3.06. The fourth-order valence-corrected chi connectivity index (χ4v) is 3.06. The Morgan fingerprint density at radius 1 is 0.926 bits per heavy atom. The molecule has 27 heavy (non-hydrogen) atoms. The molecule has 5 nitrogen and oxygen atoms in total. The van der Waals surface area contributed by atoms with Gasteiger partial charge < -0.3 is 10.7 Å². The van der Waals surface area contributed by atoms with Crippen LogP contribution in [-0.2, 0) is 6.42 Å². The van der Waals surface area contributed by atoms with E-state index in [1.165, 1.54) is 0 Å². The van der Waals surface area contributed by atoms with Gasteiger partial charge in [0.2, 0.25) is 5.91 Å². The Hall–Kier alpha value is -3.73. The molecule has 0 spiro atoms. The summed E-state index contributed by atoms with van der Waals surface area (Å²) in [5, 5.41) is 0.558. The molecule has 0 saturated heterocycles. The van der Waals surface area contributed by atoms with Crippen LogP contribution in [0.4, 0.5) is 0 Å². The summed E-state index contributed by atoms with van der Waals surface area (Å²) in [6, 6.07) is 22.6. The van der Waals surface area contributed by atoms with E-state index in [4.69, 9.17) is 5.73 Å². The lowest BCUT2D eigenvalue weighted by Crippen LogP contribution is -2.13. The Morgan fingerprint density at radius 2 is 1.67 bits per heavy atom. The summed E-state index contributed by atoms with van der Waals surface area (Å²) in [4.78, 5) is 31.1. The summed E-state index contributed by atoms with van der Waals surface area (Å²) in [6.45, 7) is 0. The molecule has 0 aliphatic rings. The van der Waals surface area contributed by atoms with Crippen molar-refractivity contribution in [1.29, 1.82) is 0 Å². The number of fused-ring (bicyclic) bond motifs is 1. The van der Waals surface area contributed by atoms with E-state index in [0.29, 0.717) is 28.7 Å². The van der Waals surface area contributed by atoms with E-state index in [0.717, 1.165) is 16.7 Å². The second kappa shape index (κ2) is 6.88. The summed E-state index contributed by atoms with van der Waals surface area (Å²) < 4.78 is 0. The van der Waals surface area contributed by atoms with Crippen molar-refractivity contribution in [3.8, 4) is 11.1 Å². The summed E-state index contributed by atoms with van der Waals surface area (Å²) in [5.74, 6) is 0.108. The van der Waals surface area contributed by atoms with Crippen LogP contribution in [0.5, 0.6) is 0 Å². The molecular formula is C22H17N3O2. The number of nitrogens with two attached hydrogens (primary N) is 1. The Balaban J connectivity index is 1.71. The number of carbonyl (C=O) groups is 1. The first-order valence-electron chi connectivity index (χ1n) is 8.57. The topological polar surface area (TPSA) is 88.8 Å². The Morgan fingerprint density at radius 3 is 2.37 bits per heavy atom. The molecule has 1 heterocycles. The minimum Gasteiger partial charge on any atom is -0.366 e. The monoisotopic (exact) mass is 355 g/mol. The number of hydrogen-bond acceptors (Lipinski definition) is 3. The fraction of sp³-hybridized carbons (Fsp3) is 0.0455. The lowest BCUT2D eigenvalue weighted by Gasteiger charge is -2.06. The SMILES string of the molecule is NC(=O)c1ccc(Cc2nc3cc(-c4ccccc4)ccc3c(=O)[nH]2)cc1. The smallest absolute Gasteiger partial charge is 0.258 e. The van der Waals surface area contributed by atoms with Crippen molar-refractivity contribution in [2.24, 2.45) is 5.73 Å². The minimum absolute atomic E-state index is 0.164. The zero-order valence-corrected chi connectivity index (χ0v) is 14.5. The Labute approximate surface area is 155 Å². The van der Waals surface area contributed by atoms with Crippen LogP contribution in [0.1, 0.15) is 21.7 Å². The summed E-state index contributed by atoms with van der Waals surface area (Å²) in [5.41, 5.74) is 9.22. The van der Waals surface area contributed by atoms with Crippen molar-refractivity contribution in [2.45, 2.75) is 6.42 Å². The highest BCUT2D eigenvalue weighted by Crippen LogP contribution is 2.22. The number of H-pyrrole nitrogens is 1. The van der Waals surface area contributed by atoms with Crippen molar-refractivity contribution in [3.63, 3.8) is 0 Å². The molecular weight excluding hydrogens is 338 g/mol. The molecule has 4 aromatic rings. The quantitative estimate of drug-likeness (QED) is 0.589. The van der Waals surface area contributed by atoms with Crippen molar-refractivity contribution < 1.29 is 4.79 Å². The van der Waals surface area contributed by atoms with Crippen molar-refractivity contribution >= 4 is 16.8 Å². The molecule has 0 aliphatic heterocycles. The van der Waals surface area contributed by atoms with E-state index in [2.05, 4.69) is 9.97 Å². The molecule has 132 valence electrons. The van der Waals surface area contributed by atoms with Gasteiger partial charge in [-0.15, -0.1) is 0 Å². The first-order chi connectivity index (χ1) is 13.1. The number of hydrogen-bond donors (Lipinski definition) is 2. The highest BCUT2D eigenvalue weighted by Gasteiger charge is 2.08. The molecule has 0 aliphatic carbocycles. The van der Waals surface area contributed by atoms with E-state index in [1.54, 1.807) is 18.2 Å². The molecule has 0 saturated carbocycles. The average Bonchev–Trinajstić information content (AvgIpc) is 2.68. The van der Waals surface area contributed by atoms with Gasteiger partial charge in [-0.2, -0.15) is 0 Å². The first kappa shape index (κ1) is 16.7. The molecule has 0 bridgehead atoms. The molecule has 1 aromatic heterocycles. The molecule has 1 amide bonds. The maximum absolute atomic E-state index is 12.4. The third kappa shape index (κ3) is 3.48. The Kier molecular flexibility index (Phi) is 4.26. The van der Waals surface area contributed by atoms with Crippen molar-refractivity contribution in [2.75, 3.05) is 0 Å². The number of carbonyl (C=O) groups excluding carboxylic acids is 1. The third-order valence-electron chi connectivity index (χ3n) is 4.47. The largest absolute Gasteiger partial charge is 0.366 e. The molecule has 0 atom stereocenters. The van der Waals surface area contributed by atoms with Gasteiger partial charge in [0.1, 0.15) is 5.82 Å². The van der Waals surface area contributed by atoms with E-state index >= 15 is 0 Å². The van der Waals surface area contributed by atoms with Gasteiger partial charge in [-0.1, -0.05) is 48.5 Å². The van der Waals surface area contributed by atoms with Gasteiger partial charge in [0.25, 0.3) is 5.56 Å². The van der Waals surface area contributed by atoms with Crippen molar-refractivity contribution in [3.05, 3.63) is 100 Å². The van der Waals surface area contributed by atoms with Crippen molar-refractivity contribution in [1.82, 2.24) is 9.97 Å². The van der Waals surface area contributed by atoms with Crippen LogP contribution in [0.2, 0.25) is 0 Å². The minimum atomic E-state index is -0.466. The summed E-state index contributed by atoms with van der Waals surface area (Å²) >= 11 is 0. The highest BCUT2D eigenvalue weighted by atomic mass is 16.1. The predicted octanol–water partition coefficient (Wildman–Crippen LogP) is 3.28. The number of nitrogens with one attached hydrogen (secondary N) is 1. The van der Waals surface area contributed by atoms with Crippen LogP contribution in [0, 0.1) is 0 Å². The number of aromatic amines is 1. The zero-order chi connectivity index (χ0) is 18.8. The standard InChI is InChI=1S/C22H17N3O2/c23-21(26)16-8-6-14(7-9-16)12-20-24-19-13-17(15-4-2-1-3-5-15)10-11-18(19)22(27)25-20/h1-11,13H,12H2,(H2,23,26)(H,24,25,27). The summed E-state index contributed by atoms with van der Waals surface area (Å²) in [6.07, 6.45) is 0.458. The second-order valence-corrected chi connectivity index (χ2v) is 6.35. The molecule has 0 unspecified atom stereocenters. The number of primary amides is 1. The van der Waals surface area contributed by atoms with Crippen LogP contribution in [0.15, 0.2) is 77.6 Å². The van der Waals surface area contributed by atoms with Gasteiger partial charge in [-0.05, 0) is 41.0 Å². The molecule has 0 fully saturated rings. The van der Waals surface area contributed by atoms with Gasteiger partial charge in [-0.3, -0.25) is 9.59 Å². The third-order valence-corrected chi connectivity index (χ3v) is 4.47.